The zero-order chi connectivity index (χ0) is 24.9. The Bertz CT molecular complexity index is 1180. The van der Waals surface area contributed by atoms with Crippen molar-refractivity contribution in [2.24, 2.45) is 12.8 Å². The molecule has 0 aliphatic rings. The van der Waals surface area contributed by atoms with Gasteiger partial charge in [0, 0.05) is 30.7 Å². The molecule has 1 atom stereocenters. The molecule has 0 spiro atoms. The van der Waals surface area contributed by atoms with Crippen molar-refractivity contribution in [3.63, 3.8) is 0 Å². The predicted molar refractivity (Wildman–Crippen MR) is 126 cm³/mol. The zero-order valence-electron chi connectivity index (χ0n) is 19.8. The number of rotatable bonds is 9. The van der Waals surface area contributed by atoms with Crippen LogP contribution in [0.15, 0.2) is 34.7 Å². The normalized spacial score (nSPS) is 12.3. The van der Waals surface area contributed by atoms with Gasteiger partial charge < -0.3 is 26.2 Å². The third kappa shape index (κ3) is 5.93. The summed E-state index contributed by atoms with van der Waals surface area (Å²) in [5, 5.41) is 24.9. The maximum Gasteiger partial charge on any atom is 0.270 e. The van der Waals surface area contributed by atoms with E-state index in [1.54, 1.807) is 13.1 Å². The van der Waals surface area contributed by atoms with Gasteiger partial charge in [0.25, 0.3) is 5.91 Å². The van der Waals surface area contributed by atoms with Gasteiger partial charge in [-0.25, -0.2) is 0 Å². The van der Waals surface area contributed by atoms with Crippen molar-refractivity contribution >= 4 is 18.0 Å². The topological polar surface area (TPSA) is 165 Å². The Morgan fingerprint density at radius 1 is 1.26 bits per heavy atom. The van der Waals surface area contributed by atoms with E-state index in [4.69, 9.17) is 15.6 Å². The second kappa shape index (κ2) is 10.4. The van der Waals surface area contributed by atoms with E-state index in [1.165, 1.54) is 4.68 Å². The number of hydrogen-bond donors (Lipinski definition) is 4. The number of aryl methyl sites for hydroxylation is 1. The Labute approximate surface area is 197 Å². The van der Waals surface area contributed by atoms with Crippen LogP contribution >= 0.6 is 0 Å². The highest BCUT2D eigenvalue weighted by molar-refractivity contribution is 5.96. The molecule has 2 amide bonds. The number of hydrogen-bond acceptors (Lipinski definition) is 8. The van der Waals surface area contributed by atoms with Crippen molar-refractivity contribution in [2.75, 3.05) is 6.54 Å². The average Bonchev–Trinajstić information content (AvgIpc) is 3.44. The van der Waals surface area contributed by atoms with E-state index in [0.29, 0.717) is 23.0 Å². The fourth-order valence-electron chi connectivity index (χ4n) is 3.28. The van der Waals surface area contributed by atoms with Crippen molar-refractivity contribution in [1.29, 1.82) is 5.41 Å². The van der Waals surface area contributed by atoms with Crippen LogP contribution in [0.4, 0.5) is 0 Å². The molecule has 0 aliphatic carbocycles. The minimum absolute atomic E-state index is 0.0645. The fourth-order valence-corrected chi connectivity index (χ4v) is 3.28. The lowest BCUT2D eigenvalue weighted by molar-refractivity contribution is -0.122. The molecular weight excluding hydrogens is 436 g/mol. The molecule has 2 aromatic heterocycles. The largest absolute Gasteiger partial charge is 0.419 e. The third-order valence-corrected chi connectivity index (χ3v) is 5.14. The molecule has 5 N–H and O–H groups in total. The Balaban J connectivity index is 1.84. The van der Waals surface area contributed by atoms with Gasteiger partial charge in [0.2, 0.25) is 17.7 Å². The molecule has 0 aliphatic heterocycles. The Kier molecular flexibility index (Phi) is 7.57. The summed E-state index contributed by atoms with van der Waals surface area (Å²) in [5.41, 5.74) is 7.89. The lowest BCUT2D eigenvalue weighted by Gasteiger charge is -2.18. The van der Waals surface area contributed by atoms with E-state index in [9.17, 15) is 9.59 Å². The predicted octanol–water partition coefficient (Wildman–Crippen LogP) is 1.33. The summed E-state index contributed by atoms with van der Waals surface area (Å²) in [5.74, 6) is -0.173. The molecule has 0 bridgehead atoms. The van der Waals surface area contributed by atoms with Crippen LogP contribution in [-0.2, 0) is 30.2 Å². The maximum atomic E-state index is 13.1. The summed E-state index contributed by atoms with van der Waals surface area (Å²) in [4.78, 5) is 25.9. The van der Waals surface area contributed by atoms with Crippen LogP contribution in [-0.4, -0.2) is 50.6 Å². The lowest BCUT2D eigenvalue weighted by atomic mass is 9.92. The second-order valence-corrected chi connectivity index (χ2v) is 8.87. The van der Waals surface area contributed by atoms with Gasteiger partial charge >= 0.3 is 0 Å². The monoisotopic (exact) mass is 466 g/mol. The van der Waals surface area contributed by atoms with Crippen LogP contribution in [0.25, 0.3) is 11.5 Å². The number of nitrogens with two attached hydrogens (primary N) is 1. The molecule has 3 aromatic rings. The summed E-state index contributed by atoms with van der Waals surface area (Å²) >= 11 is 0. The molecule has 0 saturated carbocycles. The quantitative estimate of drug-likeness (QED) is 0.345. The molecule has 0 fully saturated rings. The molecule has 0 radical (unpaired) electrons. The van der Waals surface area contributed by atoms with Gasteiger partial charge in [0.1, 0.15) is 11.7 Å². The number of nitrogens with one attached hydrogen (secondary N) is 3. The van der Waals surface area contributed by atoms with E-state index in [-0.39, 0.29) is 24.9 Å². The van der Waals surface area contributed by atoms with Crippen LogP contribution in [0.3, 0.4) is 0 Å². The number of nitrogens with zero attached hydrogens (tertiary/aromatic N) is 4. The molecule has 11 nitrogen and oxygen atoms in total. The Morgan fingerprint density at radius 3 is 2.65 bits per heavy atom. The first-order valence-electron chi connectivity index (χ1n) is 10.9. The van der Waals surface area contributed by atoms with Crippen molar-refractivity contribution < 1.29 is 14.0 Å². The number of amides is 2. The number of carbonyl (C=O) groups is 2. The van der Waals surface area contributed by atoms with Gasteiger partial charge in [0.05, 0.1) is 18.8 Å². The number of carbonyl (C=O) groups excluding carboxylic acids is 2. The Morgan fingerprint density at radius 2 is 2.03 bits per heavy atom. The summed E-state index contributed by atoms with van der Waals surface area (Å²) in [6.45, 7) is 6.24. The zero-order valence-corrected chi connectivity index (χ0v) is 19.8. The molecule has 1 aromatic carbocycles. The van der Waals surface area contributed by atoms with Crippen LogP contribution in [0.5, 0.6) is 0 Å². The molecule has 180 valence electrons. The van der Waals surface area contributed by atoms with Gasteiger partial charge in [-0.05, 0) is 23.8 Å². The van der Waals surface area contributed by atoms with E-state index in [0.717, 1.165) is 17.5 Å². The molecular formula is C23H30N8O3. The van der Waals surface area contributed by atoms with Crippen LogP contribution in [0.2, 0.25) is 0 Å². The molecule has 2 heterocycles. The summed E-state index contributed by atoms with van der Waals surface area (Å²) in [7, 11) is 1.69. The first kappa shape index (κ1) is 24.8. The van der Waals surface area contributed by atoms with Gasteiger partial charge in [-0.2, -0.15) is 5.10 Å². The fraction of sp³-hybridized carbons (Fsp3) is 0.391. The van der Waals surface area contributed by atoms with Crippen molar-refractivity contribution in [3.05, 3.63) is 53.2 Å². The van der Waals surface area contributed by atoms with Gasteiger partial charge in [-0.1, -0.05) is 32.9 Å². The van der Waals surface area contributed by atoms with Gasteiger partial charge in [-0.3, -0.25) is 14.3 Å². The van der Waals surface area contributed by atoms with Crippen LogP contribution in [0, 0.1) is 5.41 Å². The third-order valence-electron chi connectivity index (χ3n) is 5.14. The van der Waals surface area contributed by atoms with Crippen molar-refractivity contribution in [2.45, 2.75) is 45.2 Å². The minimum atomic E-state index is -0.877. The van der Waals surface area contributed by atoms with Crippen LogP contribution < -0.4 is 16.4 Å². The van der Waals surface area contributed by atoms with E-state index in [2.05, 4.69) is 25.9 Å². The summed E-state index contributed by atoms with van der Waals surface area (Å²) < 4.78 is 7.02. The number of benzene rings is 1. The van der Waals surface area contributed by atoms with Crippen molar-refractivity contribution in [3.8, 4) is 11.5 Å². The minimum Gasteiger partial charge on any atom is -0.419 e. The highest BCUT2D eigenvalue weighted by atomic mass is 16.4. The van der Waals surface area contributed by atoms with E-state index in [1.807, 2.05) is 45.0 Å². The van der Waals surface area contributed by atoms with E-state index < -0.39 is 17.9 Å². The molecule has 3 rings (SSSR count). The maximum absolute atomic E-state index is 13.1. The van der Waals surface area contributed by atoms with Gasteiger partial charge in [-0.15, -0.1) is 10.2 Å². The van der Waals surface area contributed by atoms with Crippen LogP contribution in [0.1, 0.15) is 48.4 Å². The highest BCUT2D eigenvalue weighted by Gasteiger charge is 2.26. The summed E-state index contributed by atoms with van der Waals surface area (Å²) in [6.07, 6.45) is 1.30. The summed E-state index contributed by atoms with van der Waals surface area (Å²) in [6, 6.07) is 8.13. The highest BCUT2D eigenvalue weighted by Crippen LogP contribution is 2.22. The van der Waals surface area contributed by atoms with Gasteiger partial charge in [0.15, 0.2) is 0 Å². The molecule has 11 heteroatoms. The average molecular weight is 467 g/mol. The molecule has 0 saturated heterocycles. The van der Waals surface area contributed by atoms with E-state index >= 15 is 0 Å². The second-order valence-electron chi connectivity index (χ2n) is 8.87. The first-order chi connectivity index (χ1) is 16.1. The lowest BCUT2D eigenvalue weighted by Crippen LogP contribution is -2.48. The standard InChI is InChI=1S/C23H30N8O3/c1-23(2,3)18-12-17(31(4)30-18)21(33)27-16(20(32)26-9-8-24)11-14-6-5-7-15(10-14)22-29-28-19(13-25)34-22/h5-8,10,12,16,24H,9,11,13,25H2,1-4H3,(H,26,32)(H,27,33)/t16-/m0/s1. The molecule has 34 heavy (non-hydrogen) atoms. The smallest absolute Gasteiger partial charge is 0.270 e. The Hall–Kier alpha value is -3.86. The number of aromatic nitrogens is 4. The first-order valence-corrected chi connectivity index (χ1v) is 10.9. The SMILES string of the molecule is Cn1nc(C(C)(C)C)cc1C(=O)N[C@@H](Cc1cccc(-c2nnc(CN)o2)c1)C(=O)NCC=N. The molecule has 0 unspecified atom stereocenters. The van der Waals surface area contributed by atoms with Crippen molar-refractivity contribution in [1.82, 2.24) is 30.6 Å².